The Labute approximate surface area is 146 Å². The van der Waals surface area contributed by atoms with Gasteiger partial charge in [-0.25, -0.2) is 5.43 Å². The SMILES string of the molecule is O=C(COc1ccc(Cl)cc1Br)NN=Cc1cccc(Cl)c1. The molecule has 1 N–H and O–H groups in total. The van der Waals surface area contributed by atoms with Gasteiger partial charge in [-0.05, 0) is 51.8 Å². The minimum Gasteiger partial charge on any atom is -0.483 e. The van der Waals surface area contributed by atoms with Crippen LogP contribution in [0, 0.1) is 0 Å². The van der Waals surface area contributed by atoms with Gasteiger partial charge < -0.3 is 4.74 Å². The Bertz CT molecular complexity index is 708. The second-order valence-corrected chi connectivity index (χ2v) is 5.94. The lowest BCUT2D eigenvalue weighted by Crippen LogP contribution is -2.24. The molecule has 1 amide bonds. The highest BCUT2D eigenvalue weighted by Crippen LogP contribution is 2.27. The van der Waals surface area contributed by atoms with Crippen molar-refractivity contribution in [1.29, 1.82) is 0 Å². The molecule has 2 aromatic carbocycles. The van der Waals surface area contributed by atoms with Crippen LogP contribution in [0.4, 0.5) is 0 Å². The van der Waals surface area contributed by atoms with Crippen molar-refractivity contribution in [2.24, 2.45) is 5.10 Å². The van der Waals surface area contributed by atoms with Gasteiger partial charge >= 0.3 is 0 Å². The Morgan fingerprint density at radius 3 is 2.73 bits per heavy atom. The highest BCUT2D eigenvalue weighted by atomic mass is 79.9. The van der Waals surface area contributed by atoms with Crippen LogP contribution >= 0.6 is 39.1 Å². The summed E-state index contributed by atoms with van der Waals surface area (Å²) in [7, 11) is 0. The highest BCUT2D eigenvalue weighted by molar-refractivity contribution is 9.10. The summed E-state index contributed by atoms with van der Waals surface area (Å²) >= 11 is 15.0. The second-order valence-electron chi connectivity index (χ2n) is 4.21. The van der Waals surface area contributed by atoms with Crippen LogP contribution in [0.3, 0.4) is 0 Å². The maximum atomic E-state index is 11.6. The normalized spacial score (nSPS) is 10.7. The summed E-state index contributed by atoms with van der Waals surface area (Å²) in [5.41, 5.74) is 3.16. The molecule has 0 aliphatic carbocycles. The maximum Gasteiger partial charge on any atom is 0.277 e. The van der Waals surface area contributed by atoms with Crippen molar-refractivity contribution in [3.8, 4) is 5.75 Å². The molecular formula is C15H11BrCl2N2O2. The van der Waals surface area contributed by atoms with E-state index in [9.17, 15) is 4.79 Å². The summed E-state index contributed by atoms with van der Waals surface area (Å²) in [5.74, 6) is 0.151. The number of nitrogens with zero attached hydrogens (tertiary/aromatic N) is 1. The Balaban J connectivity index is 1.83. The lowest BCUT2D eigenvalue weighted by atomic mass is 10.2. The second kappa shape index (κ2) is 8.17. The van der Waals surface area contributed by atoms with Gasteiger partial charge in [0, 0.05) is 10.0 Å². The lowest BCUT2D eigenvalue weighted by Gasteiger charge is -2.07. The Hall–Kier alpha value is -1.56. The molecule has 0 aliphatic heterocycles. The molecule has 7 heteroatoms. The predicted molar refractivity (Wildman–Crippen MR) is 91.8 cm³/mol. The molecule has 0 bridgehead atoms. The van der Waals surface area contributed by atoms with E-state index >= 15 is 0 Å². The average molecular weight is 402 g/mol. The summed E-state index contributed by atoms with van der Waals surface area (Å²) in [5, 5.41) is 5.02. The molecule has 2 rings (SSSR count). The number of carbonyl (C=O) groups is 1. The molecule has 0 aromatic heterocycles. The van der Waals surface area contributed by atoms with Gasteiger partial charge in [0.25, 0.3) is 5.91 Å². The van der Waals surface area contributed by atoms with Gasteiger partial charge in [0.1, 0.15) is 5.75 Å². The molecule has 0 saturated carbocycles. The Morgan fingerprint density at radius 2 is 2.00 bits per heavy atom. The van der Waals surface area contributed by atoms with Crippen molar-refractivity contribution in [2.45, 2.75) is 0 Å². The minimum absolute atomic E-state index is 0.160. The summed E-state index contributed by atoms with van der Waals surface area (Å²) in [4.78, 5) is 11.6. The molecule has 2 aromatic rings. The van der Waals surface area contributed by atoms with E-state index in [1.165, 1.54) is 6.21 Å². The third-order valence-electron chi connectivity index (χ3n) is 2.50. The van der Waals surface area contributed by atoms with E-state index in [4.69, 9.17) is 27.9 Å². The molecule has 4 nitrogen and oxygen atoms in total. The fraction of sp³-hybridized carbons (Fsp3) is 0.0667. The van der Waals surface area contributed by atoms with Crippen LogP contribution in [0.5, 0.6) is 5.75 Å². The first kappa shape index (κ1) is 16.8. The fourth-order valence-electron chi connectivity index (χ4n) is 1.53. The molecule has 0 radical (unpaired) electrons. The van der Waals surface area contributed by atoms with Gasteiger partial charge in [0.05, 0.1) is 10.7 Å². The quantitative estimate of drug-likeness (QED) is 0.600. The van der Waals surface area contributed by atoms with Crippen LogP contribution in [0.25, 0.3) is 0 Å². The van der Waals surface area contributed by atoms with E-state index in [1.807, 2.05) is 6.07 Å². The van der Waals surface area contributed by atoms with Gasteiger partial charge in [-0.3, -0.25) is 4.79 Å². The smallest absolute Gasteiger partial charge is 0.277 e. The largest absolute Gasteiger partial charge is 0.483 e. The first-order valence-electron chi connectivity index (χ1n) is 6.20. The number of benzene rings is 2. The number of ether oxygens (including phenoxy) is 1. The zero-order valence-electron chi connectivity index (χ0n) is 11.2. The molecule has 114 valence electrons. The molecule has 0 heterocycles. The number of hydrogen-bond acceptors (Lipinski definition) is 3. The molecule has 0 spiro atoms. The van der Waals surface area contributed by atoms with E-state index < -0.39 is 0 Å². The maximum absolute atomic E-state index is 11.6. The highest BCUT2D eigenvalue weighted by Gasteiger charge is 2.05. The Morgan fingerprint density at radius 1 is 1.23 bits per heavy atom. The summed E-state index contributed by atoms with van der Waals surface area (Å²) < 4.78 is 6.04. The first-order chi connectivity index (χ1) is 10.5. The van der Waals surface area contributed by atoms with Gasteiger partial charge in [0.2, 0.25) is 0 Å². The van der Waals surface area contributed by atoms with Crippen LogP contribution in [0.15, 0.2) is 52.0 Å². The number of amides is 1. The Kier molecular flexibility index (Phi) is 6.24. The minimum atomic E-state index is -0.375. The monoisotopic (exact) mass is 400 g/mol. The topological polar surface area (TPSA) is 50.7 Å². The summed E-state index contributed by atoms with van der Waals surface area (Å²) in [6, 6.07) is 12.2. The van der Waals surface area contributed by atoms with Crippen LogP contribution in [0.1, 0.15) is 5.56 Å². The molecular weight excluding hydrogens is 391 g/mol. The number of carbonyl (C=O) groups excluding carboxylic acids is 1. The van der Waals surface area contributed by atoms with Crippen LogP contribution in [-0.4, -0.2) is 18.7 Å². The van der Waals surface area contributed by atoms with E-state index in [0.717, 1.165) is 5.56 Å². The van der Waals surface area contributed by atoms with Gasteiger partial charge in [0.15, 0.2) is 6.61 Å². The van der Waals surface area contributed by atoms with Crippen molar-refractivity contribution in [3.63, 3.8) is 0 Å². The van der Waals surface area contributed by atoms with Crippen molar-refractivity contribution in [2.75, 3.05) is 6.61 Å². The zero-order valence-corrected chi connectivity index (χ0v) is 14.3. The zero-order chi connectivity index (χ0) is 15.9. The van der Waals surface area contributed by atoms with Gasteiger partial charge in [-0.15, -0.1) is 0 Å². The van der Waals surface area contributed by atoms with E-state index in [1.54, 1.807) is 36.4 Å². The van der Waals surface area contributed by atoms with Crippen molar-refractivity contribution in [3.05, 3.63) is 62.5 Å². The number of halogens is 3. The molecule has 0 aliphatic rings. The third-order valence-corrected chi connectivity index (χ3v) is 3.59. The first-order valence-corrected chi connectivity index (χ1v) is 7.75. The molecule has 0 atom stereocenters. The summed E-state index contributed by atoms with van der Waals surface area (Å²) in [6.07, 6.45) is 1.50. The molecule has 0 fully saturated rings. The standard InChI is InChI=1S/C15H11BrCl2N2O2/c16-13-7-12(18)4-5-14(13)22-9-15(21)20-19-8-10-2-1-3-11(17)6-10/h1-8H,9H2,(H,20,21). The van der Waals surface area contributed by atoms with Crippen molar-refractivity contribution >= 4 is 51.3 Å². The van der Waals surface area contributed by atoms with Crippen LogP contribution in [-0.2, 0) is 4.79 Å². The van der Waals surface area contributed by atoms with E-state index in [2.05, 4.69) is 26.5 Å². The van der Waals surface area contributed by atoms with E-state index in [0.29, 0.717) is 20.3 Å². The van der Waals surface area contributed by atoms with Crippen molar-refractivity contribution < 1.29 is 9.53 Å². The number of nitrogens with one attached hydrogen (secondary N) is 1. The van der Waals surface area contributed by atoms with Crippen LogP contribution < -0.4 is 10.2 Å². The average Bonchev–Trinajstić information content (AvgIpc) is 2.46. The number of hydrazone groups is 1. The molecule has 0 unspecified atom stereocenters. The van der Waals surface area contributed by atoms with E-state index in [-0.39, 0.29) is 12.5 Å². The predicted octanol–water partition coefficient (Wildman–Crippen LogP) is 4.29. The molecule has 22 heavy (non-hydrogen) atoms. The number of rotatable bonds is 5. The van der Waals surface area contributed by atoms with Gasteiger partial charge in [-0.1, -0.05) is 35.3 Å². The summed E-state index contributed by atoms with van der Waals surface area (Å²) in [6.45, 7) is -0.160. The number of hydrogen-bond donors (Lipinski definition) is 1. The third kappa shape index (κ3) is 5.33. The van der Waals surface area contributed by atoms with Gasteiger partial charge in [-0.2, -0.15) is 5.10 Å². The van der Waals surface area contributed by atoms with Crippen LogP contribution in [0.2, 0.25) is 10.0 Å². The van der Waals surface area contributed by atoms with Crippen molar-refractivity contribution in [1.82, 2.24) is 5.43 Å². The lowest BCUT2D eigenvalue weighted by molar-refractivity contribution is -0.123. The fourth-order valence-corrected chi connectivity index (χ4v) is 2.53. The molecule has 0 saturated heterocycles.